The Morgan fingerprint density at radius 2 is 1.83 bits per heavy atom. The van der Waals surface area contributed by atoms with Gasteiger partial charge in [-0.05, 0) is 37.2 Å². The summed E-state index contributed by atoms with van der Waals surface area (Å²) < 4.78 is 5.15. The summed E-state index contributed by atoms with van der Waals surface area (Å²) in [5.74, 6) is 0.907. The van der Waals surface area contributed by atoms with Gasteiger partial charge in [0.15, 0.2) is 0 Å². The molecule has 1 aromatic rings. The van der Waals surface area contributed by atoms with Crippen molar-refractivity contribution < 1.29 is 4.74 Å². The number of hydrogen-bond acceptors (Lipinski definition) is 3. The number of unbranched alkanes of at least 4 members (excludes halogenated alkanes) is 2. The Morgan fingerprint density at radius 3 is 2.44 bits per heavy atom. The van der Waals surface area contributed by atoms with Gasteiger partial charge in [-0.25, -0.2) is 0 Å². The fraction of sp³-hybridized carbons (Fsp3) is 0.600. The molecule has 0 bridgehead atoms. The maximum atomic E-state index is 5.15. The number of ether oxygens (including phenoxy) is 1. The van der Waals surface area contributed by atoms with Gasteiger partial charge in [0, 0.05) is 25.8 Å². The summed E-state index contributed by atoms with van der Waals surface area (Å²) >= 11 is 0. The normalized spacial score (nSPS) is 10.4. The minimum atomic E-state index is 0.907. The number of hydrogen-bond donors (Lipinski definition) is 1. The van der Waals surface area contributed by atoms with E-state index in [0.717, 1.165) is 25.4 Å². The van der Waals surface area contributed by atoms with Crippen LogP contribution in [-0.2, 0) is 0 Å². The fourth-order valence-corrected chi connectivity index (χ4v) is 1.84. The van der Waals surface area contributed by atoms with E-state index >= 15 is 0 Å². The third-order valence-electron chi connectivity index (χ3n) is 3.09. The van der Waals surface area contributed by atoms with E-state index in [1.54, 1.807) is 7.11 Å². The monoisotopic (exact) mass is 250 g/mol. The number of anilines is 1. The Bertz CT molecular complexity index is 311. The maximum absolute atomic E-state index is 5.15. The first kappa shape index (κ1) is 14.8. The lowest BCUT2D eigenvalue weighted by Gasteiger charge is -2.19. The first-order valence-corrected chi connectivity index (χ1v) is 6.84. The molecule has 0 unspecified atom stereocenters. The molecule has 102 valence electrons. The quantitative estimate of drug-likeness (QED) is 0.682. The Morgan fingerprint density at radius 1 is 1.11 bits per heavy atom. The second kappa shape index (κ2) is 8.81. The molecule has 3 nitrogen and oxygen atoms in total. The number of nitrogens with zero attached hydrogens (tertiary/aromatic N) is 1. The average Bonchev–Trinajstić information content (AvgIpc) is 2.42. The molecule has 1 aromatic carbocycles. The summed E-state index contributed by atoms with van der Waals surface area (Å²) in [7, 11) is 3.81. The molecule has 0 heterocycles. The molecule has 1 rings (SSSR count). The Kier molecular flexibility index (Phi) is 7.26. The fourth-order valence-electron chi connectivity index (χ4n) is 1.84. The highest BCUT2D eigenvalue weighted by Gasteiger charge is 2.00. The molecule has 18 heavy (non-hydrogen) atoms. The average molecular weight is 250 g/mol. The van der Waals surface area contributed by atoms with E-state index < -0.39 is 0 Å². The van der Waals surface area contributed by atoms with Crippen LogP contribution in [0.4, 0.5) is 5.69 Å². The van der Waals surface area contributed by atoms with Gasteiger partial charge in [0.1, 0.15) is 5.75 Å². The second-order valence-electron chi connectivity index (χ2n) is 4.58. The lowest BCUT2D eigenvalue weighted by Crippen LogP contribution is -2.29. The van der Waals surface area contributed by atoms with Crippen LogP contribution in [0.15, 0.2) is 24.3 Å². The maximum Gasteiger partial charge on any atom is 0.119 e. The van der Waals surface area contributed by atoms with E-state index in [1.165, 1.54) is 24.9 Å². The van der Waals surface area contributed by atoms with E-state index in [0.29, 0.717) is 0 Å². The van der Waals surface area contributed by atoms with Crippen molar-refractivity contribution in [1.82, 2.24) is 5.32 Å². The topological polar surface area (TPSA) is 24.5 Å². The summed E-state index contributed by atoms with van der Waals surface area (Å²) in [5.41, 5.74) is 1.23. The molecule has 1 N–H and O–H groups in total. The van der Waals surface area contributed by atoms with Crippen LogP contribution in [0, 0.1) is 0 Å². The predicted molar refractivity (Wildman–Crippen MR) is 78.7 cm³/mol. The third kappa shape index (κ3) is 5.41. The Balaban J connectivity index is 2.21. The van der Waals surface area contributed by atoms with Crippen LogP contribution < -0.4 is 15.0 Å². The highest BCUT2D eigenvalue weighted by atomic mass is 16.5. The van der Waals surface area contributed by atoms with Gasteiger partial charge in [0.2, 0.25) is 0 Å². The highest BCUT2D eigenvalue weighted by Crippen LogP contribution is 2.17. The van der Waals surface area contributed by atoms with Crippen molar-refractivity contribution >= 4 is 5.69 Å². The van der Waals surface area contributed by atoms with Gasteiger partial charge in [-0.1, -0.05) is 19.8 Å². The number of rotatable bonds is 9. The number of nitrogens with one attached hydrogen (secondary N) is 1. The first-order valence-electron chi connectivity index (χ1n) is 6.84. The predicted octanol–water partition coefficient (Wildman–Crippen LogP) is 2.91. The molecule has 0 aliphatic rings. The van der Waals surface area contributed by atoms with Crippen molar-refractivity contribution in [2.75, 3.05) is 38.7 Å². The van der Waals surface area contributed by atoms with Gasteiger partial charge < -0.3 is 15.0 Å². The Labute approximate surface area is 111 Å². The lowest BCUT2D eigenvalue weighted by molar-refractivity contribution is 0.415. The van der Waals surface area contributed by atoms with Crippen LogP contribution in [0.25, 0.3) is 0 Å². The molecule has 0 aromatic heterocycles. The molecule has 0 saturated heterocycles. The molecular formula is C15H26N2O. The SMILES string of the molecule is CCCCCNCCN(C)c1ccc(OC)cc1. The smallest absolute Gasteiger partial charge is 0.119 e. The van der Waals surface area contributed by atoms with Crippen molar-refractivity contribution in [3.63, 3.8) is 0 Å². The molecule has 3 heteroatoms. The third-order valence-corrected chi connectivity index (χ3v) is 3.09. The van der Waals surface area contributed by atoms with E-state index in [1.807, 2.05) is 12.1 Å². The van der Waals surface area contributed by atoms with E-state index in [2.05, 4.69) is 36.3 Å². The number of benzene rings is 1. The highest BCUT2D eigenvalue weighted by molar-refractivity contribution is 5.48. The molecule has 0 radical (unpaired) electrons. The molecule has 0 atom stereocenters. The van der Waals surface area contributed by atoms with Gasteiger partial charge >= 0.3 is 0 Å². The van der Waals surface area contributed by atoms with Crippen LogP contribution >= 0.6 is 0 Å². The van der Waals surface area contributed by atoms with E-state index in [4.69, 9.17) is 4.74 Å². The van der Waals surface area contributed by atoms with Crippen LogP contribution in [0.3, 0.4) is 0 Å². The van der Waals surface area contributed by atoms with Crippen molar-refractivity contribution in [2.45, 2.75) is 26.2 Å². The molecule has 0 saturated carbocycles. The second-order valence-corrected chi connectivity index (χ2v) is 4.58. The summed E-state index contributed by atoms with van der Waals surface area (Å²) in [6, 6.07) is 8.19. The summed E-state index contributed by atoms with van der Waals surface area (Å²) in [6.07, 6.45) is 3.89. The zero-order chi connectivity index (χ0) is 13.2. The first-order chi connectivity index (χ1) is 8.77. The zero-order valence-corrected chi connectivity index (χ0v) is 11.9. The molecule has 0 amide bonds. The summed E-state index contributed by atoms with van der Waals surface area (Å²) in [4.78, 5) is 2.26. The minimum Gasteiger partial charge on any atom is -0.497 e. The van der Waals surface area contributed by atoms with Crippen LogP contribution in [0.5, 0.6) is 5.75 Å². The van der Waals surface area contributed by atoms with Crippen molar-refractivity contribution in [1.29, 1.82) is 0 Å². The molecule has 0 fully saturated rings. The van der Waals surface area contributed by atoms with Crippen molar-refractivity contribution in [3.05, 3.63) is 24.3 Å². The van der Waals surface area contributed by atoms with Crippen molar-refractivity contribution in [3.8, 4) is 5.75 Å². The zero-order valence-electron chi connectivity index (χ0n) is 11.9. The standard InChI is InChI=1S/C15H26N2O/c1-4-5-6-11-16-12-13-17(2)14-7-9-15(18-3)10-8-14/h7-10,16H,4-6,11-13H2,1-3H3. The van der Waals surface area contributed by atoms with Gasteiger partial charge in [0.05, 0.1) is 7.11 Å². The van der Waals surface area contributed by atoms with Gasteiger partial charge in [0.25, 0.3) is 0 Å². The number of methoxy groups -OCH3 is 1. The molecular weight excluding hydrogens is 224 g/mol. The minimum absolute atomic E-state index is 0.907. The molecule has 0 aliphatic carbocycles. The lowest BCUT2D eigenvalue weighted by atomic mass is 10.2. The molecule has 0 aliphatic heterocycles. The van der Waals surface area contributed by atoms with Gasteiger partial charge in [-0.3, -0.25) is 0 Å². The molecule has 0 spiro atoms. The van der Waals surface area contributed by atoms with Crippen LogP contribution in [0.1, 0.15) is 26.2 Å². The van der Waals surface area contributed by atoms with Crippen LogP contribution in [-0.4, -0.2) is 33.8 Å². The largest absolute Gasteiger partial charge is 0.497 e. The van der Waals surface area contributed by atoms with E-state index in [-0.39, 0.29) is 0 Å². The summed E-state index contributed by atoms with van der Waals surface area (Å²) in [5, 5.41) is 3.48. The van der Waals surface area contributed by atoms with Gasteiger partial charge in [-0.2, -0.15) is 0 Å². The van der Waals surface area contributed by atoms with Crippen LogP contribution in [0.2, 0.25) is 0 Å². The van der Waals surface area contributed by atoms with E-state index in [9.17, 15) is 0 Å². The van der Waals surface area contributed by atoms with Gasteiger partial charge in [-0.15, -0.1) is 0 Å². The summed E-state index contributed by atoms with van der Waals surface area (Å²) in [6.45, 7) is 5.42. The van der Waals surface area contributed by atoms with Crippen molar-refractivity contribution in [2.24, 2.45) is 0 Å². The Hall–Kier alpha value is -1.22. The number of likely N-dealkylation sites (N-methyl/N-ethyl adjacent to an activating group) is 1.